The van der Waals surface area contributed by atoms with Crippen molar-refractivity contribution in [3.63, 3.8) is 0 Å². The van der Waals surface area contributed by atoms with Crippen LogP contribution in [0.2, 0.25) is 0 Å². The molecule has 0 amide bonds. The van der Waals surface area contributed by atoms with Gasteiger partial charge in [-0.25, -0.2) is 11.8 Å². The Morgan fingerprint density at radius 2 is 0.905 bits per heavy atom. The summed E-state index contributed by atoms with van der Waals surface area (Å²) in [6.07, 6.45) is 13.1. The van der Waals surface area contributed by atoms with E-state index in [4.69, 9.17) is 12.8 Å². The first-order valence-corrected chi connectivity index (χ1v) is 5.82. The molecule has 0 spiro atoms. The molecule has 1 heteroatoms. The maximum atomic E-state index is 6.53. The minimum absolute atomic E-state index is 0. The molecule has 0 fully saturated rings. The topological polar surface area (TPSA) is 0 Å². The zero-order chi connectivity index (χ0) is 14.5. The van der Waals surface area contributed by atoms with Crippen molar-refractivity contribution in [2.75, 3.05) is 0 Å². The van der Waals surface area contributed by atoms with Crippen molar-refractivity contribution in [3.8, 4) is 35.5 Å². The Bertz CT molecular complexity index is 654. The van der Waals surface area contributed by atoms with Crippen LogP contribution in [0.15, 0.2) is 60.7 Å². The smallest absolute Gasteiger partial charge is 0.358 e. The molecule has 0 saturated heterocycles. The van der Waals surface area contributed by atoms with Gasteiger partial charge in [0.25, 0.3) is 0 Å². The van der Waals surface area contributed by atoms with E-state index in [1.807, 2.05) is 72.5 Å². The van der Waals surface area contributed by atoms with Gasteiger partial charge < -0.3 is 12.8 Å². The molecule has 0 aromatic heterocycles. The van der Waals surface area contributed by atoms with Gasteiger partial charge in [-0.3, -0.25) is 11.8 Å². The van der Waals surface area contributed by atoms with Gasteiger partial charge in [0.2, 0.25) is 0 Å². The number of benzene rings is 2. The van der Waals surface area contributed by atoms with Gasteiger partial charge in [-0.15, -0.1) is 0 Å². The maximum absolute atomic E-state index is 6.53. The summed E-state index contributed by atoms with van der Waals surface area (Å²) in [7, 11) is 0. The Labute approximate surface area is 139 Å². The van der Waals surface area contributed by atoms with Crippen LogP contribution in [-0.2, 0) is 19.5 Å². The van der Waals surface area contributed by atoms with Crippen molar-refractivity contribution in [2.45, 2.75) is 0 Å². The summed E-state index contributed by atoms with van der Waals surface area (Å²) in [6.45, 7) is 0. The fourth-order valence-corrected chi connectivity index (χ4v) is 1.25. The molecule has 0 saturated carbocycles. The molecule has 0 atom stereocenters. The normalized spacial score (nSPS) is 6.76. The first kappa shape index (κ1) is 18.3. The first-order chi connectivity index (χ1) is 9.86. The van der Waals surface area contributed by atoms with Crippen LogP contribution in [0.3, 0.4) is 0 Å². The zero-order valence-electron chi connectivity index (χ0n) is 11.5. The quantitative estimate of drug-likeness (QED) is 0.398. The summed E-state index contributed by atoms with van der Waals surface area (Å²) in [5.74, 6) is 14.4. The second-order valence-electron chi connectivity index (χ2n) is 3.48. The molecule has 2 aromatic rings. The third-order valence-electron chi connectivity index (χ3n) is 2.09. The second-order valence-corrected chi connectivity index (χ2v) is 3.48. The maximum Gasteiger partial charge on any atom is 2.00 e. The van der Waals surface area contributed by atoms with Gasteiger partial charge in [-0.05, 0) is 24.3 Å². The predicted molar refractivity (Wildman–Crippen MR) is 80.9 cm³/mol. The molecule has 2 rings (SSSR count). The SMILES string of the molecule is [C-]#CC#Cc1ccccc1.[C-]#CC#Cc1ccccc1.[Zn+2]. The average molecular weight is 316 g/mol. The van der Waals surface area contributed by atoms with Crippen molar-refractivity contribution < 1.29 is 19.5 Å². The van der Waals surface area contributed by atoms with Crippen LogP contribution in [0.25, 0.3) is 0 Å². The van der Waals surface area contributed by atoms with Gasteiger partial charge in [-0.1, -0.05) is 36.4 Å². The van der Waals surface area contributed by atoms with Crippen molar-refractivity contribution in [1.82, 2.24) is 0 Å². The Morgan fingerprint density at radius 1 is 0.571 bits per heavy atom. The fraction of sp³-hybridized carbons (Fsp3) is 0. The van der Waals surface area contributed by atoms with Crippen LogP contribution in [0.5, 0.6) is 0 Å². The predicted octanol–water partition coefficient (Wildman–Crippen LogP) is 3.25. The van der Waals surface area contributed by atoms with E-state index in [-0.39, 0.29) is 19.5 Å². The third kappa shape index (κ3) is 8.93. The Hall–Kier alpha value is -2.70. The van der Waals surface area contributed by atoms with Crippen LogP contribution in [-0.4, -0.2) is 0 Å². The minimum Gasteiger partial charge on any atom is -0.358 e. The summed E-state index contributed by atoms with van der Waals surface area (Å²) in [4.78, 5) is 0. The van der Waals surface area contributed by atoms with E-state index in [1.54, 1.807) is 0 Å². The fourth-order valence-electron chi connectivity index (χ4n) is 1.25. The summed E-state index contributed by atoms with van der Waals surface area (Å²) in [5, 5.41) is 0. The molecule has 21 heavy (non-hydrogen) atoms. The molecular formula is C20H10Zn. The van der Waals surface area contributed by atoms with Crippen LogP contribution in [0.4, 0.5) is 0 Å². The van der Waals surface area contributed by atoms with Gasteiger partial charge in [0.15, 0.2) is 0 Å². The molecule has 0 unspecified atom stereocenters. The molecule has 0 nitrogen and oxygen atoms in total. The Kier molecular flexibility index (Phi) is 10.8. The van der Waals surface area contributed by atoms with Crippen molar-refractivity contribution in [2.24, 2.45) is 0 Å². The molecule has 0 bridgehead atoms. The van der Waals surface area contributed by atoms with Crippen LogP contribution in [0.1, 0.15) is 11.1 Å². The van der Waals surface area contributed by atoms with Crippen LogP contribution >= 0.6 is 0 Å². The standard InChI is InChI=1S/2C10H5.Zn/c2*1-2-3-7-10-8-5-4-6-9-10;/h2*4-6,8-9H;/q2*-1;+2. The minimum atomic E-state index is 0. The number of hydrogen-bond acceptors (Lipinski definition) is 0. The Balaban J connectivity index is 0.000000364. The molecule has 0 heterocycles. The molecule has 0 aliphatic rings. The second kappa shape index (κ2) is 12.3. The van der Waals surface area contributed by atoms with Gasteiger partial charge in [0, 0.05) is 11.1 Å². The molecule has 2 aromatic carbocycles. The van der Waals surface area contributed by atoms with Crippen LogP contribution < -0.4 is 0 Å². The van der Waals surface area contributed by atoms with E-state index in [2.05, 4.69) is 23.7 Å². The number of hydrogen-bond donors (Lipinski definition) is 0. The van der Waals surface area contributed by atoms with E-state index in [0.717, 1.165) is 11.1 Å². The van der Waals surface area contributed by atoms with Crippen LogP contribution in [0, 0.1) is 48.4 Å². The summed E-state index contributed by atoms with van der Waals surface area (Å²) in [5.41, 5.74) is 1.84. The largest absolute Gasteiger partial charge is 2.00 e. The van der Waals surface area contributed by atoms with Gasteiger partial charge in [0.05, 0.1) is 0 Å². The van der Waals surface area contributed by atoms with Crippen molar-refractivity contribution in [1.29, 1.82) is 0 Å². The molecule has 0 N–H and O–H groups in total. The van der Waals surface area contributed by atoms with E-state index in [9.17, 15) is 0 Å². The third-order valence-corrected chi connectivity index (χ3v) is 2.09. The summed E-state index contributed by atoms with van der Waals surface area (Å²) >= 11 is 0. The molecular weight excluding hydrogens is 306 g/mol. The number of rotatable bonds is 0. The molecule has 0 radical (unpaired) electrons. The van der Waals surface area contributed by atoms with E-state index >= 15 is 0 Å². The summed E-state index contributed by atoms with van der Waals surface area (Å²) in [6, 6.07) is 19.1. The average Bonchev–Trinajstić information content (AvgIpc) is 2.53. The van der Waals surface area contributed by atoms with E-state index in [0.29, 0.717) is 0 Å². The Morgan fingerprint density at radius 3 is 1.19 bits per heavy atom. The van der Waals surface area contributed by atoms with E-state index < -0.39 is 0 Å². The monoisotopic (exact) mass is 314 g/mol. The van der Waals surface area contributed by atoms with Crippen molar-refractivity contribution >= 4 is 0 Å². The zero-order valence-corrected chi connectivity index (χ0v) is 14.4. The summed E-state index contributed by atoms with van der Waals surface area (Å²) < 4.78 is 0. The van der Waals surface area contributed by atoms with Gasteiger partial charge >= 0.3 is 19.5 Å². The molecule has 0 aliphatic heterocycles. The van der Waals surface area contributed by atoms with E-state index in [1.165, 1.54) is 0 Å². The van der Waals surface area contributed by atoms with Gasteiger partial charge in [0.1, 0.15) is 0 Å². The van der Waals surface area contributed by atoms with Crippen molar-refractivity contribution in [3.05, 3.63) is 84.6 Å². The van der Waals surface area contributed by atoms with Gasteiger partial charge in [-0.2, -0.15) is 11.8 Å². The molecule has 92 valence electrons. The molecule has 0 aliphatic carbocycles. The first-order valence-electron chi connectivity index (χ1n) is 5.82.